The lowest BCUT2D eigenvalue weighted by atomic mass is 10.1. The third kappa shape index (κ3) is 3.58. The SMILES string of the molecule is Cc1ccc(SCCNC(=O)c2ccc3c(c2)C(=O)N(C)C3=O)cc1. The lowest BCUT2D eigenvalue weighted by Gasteiger charge is -2.06. The highest BCUT2D eigenvalue weighted by Crippen LogP contribution is 2.22. The van der Waals surface area contributed by atoms with Gasteiger partial charge in [0.1, 0.15) is 0 Å². The van der Waals surface area contributed by atoms with Crippen molar-refractivity contribution in [2.75, 3.05) is 19.3 Å². The number of thioether (sulfide) groups is 1. The summed E-state index contributed by atoms with van der Waals surface area (Å²) in [5.74, 6) is -0.201. The minimum Gasteiger partial charge on any atom is -0.351 e. The largest absolute Gasteiger partial charge is 0.351 e. The van der Waals surface area contributed by atoms with Gasteiger partial charge in [-0.25, -0.2) is 0 Å². The van der Waals surface area contributed by atoms with E-state index in [0.29, 0.717) is 17.7 Å². The van der Waals surface area contributed by atoms with Crippen LogP contribution in [0.1, 0.15) is 36.6 Å². The summed E-state index contributed by atoms with van der Waals surface area (Å²) in [6.07, 6.45) is 0. The van der Waals surface area contributed by atoms with Crippen molar-refractivity contribution in [1.29, 1.82) is 0 Å². The predicted molar refractivity (Wildman–Crippen MR) is 97.1 cm³/mol. The van der Waals surface area contributed by atoms with Crippen LogP contribution in [0.2, 0.25) is 0 Å². The first-order valence-electron chi connectivity index (χ1n) is 7.91. The molecule has 0 unspecified atom stereocenters. The first-order chi connectivity index (χ1) is 12.0. The Morgan fingerprint density at radius 1 is 1.04 bits per heavy atom. The number of aryl methyl sites for hydroxylation is 1. The van der Waals surface area contributed by atoms with E-state index in [1.165, 1.54) is 24.7 Å². The highest BCUT2D eigenvalue weighted by molar-refractivity contribution is 7.99. The normalized spacial score (nSPS) is 13.1. The van der Waals surface area contributed by atoms with Gasteiger partial charge in [-0.15, -0.1) is 11.8 Å². The molecule has 0 saturated carbocycles. The molecule has 0 fully saturated rings. The number of fused-ring (bicyclic) bond motifs is 1. The van der Waals surface area contributed by atoms with Crippen LogP contribution in [-0.2, 0) is 0 Å². The van der Waals surface area contributed by atoms with Gasteiger partial charge in [0, 0.05) is 29.8 Å². The number of carbonyl (C=O) groups is 3. The molecule has 0 aliphatic carbocycles. The number of rotatable bonds is 5. The molecule has 0 saturated heterocycles. The van der Waals surface area contributed by atoms with Crippen LogP contribution >= 0.6 is 11.8 Å². The van der Waals surface area contributed by atoms with Crippen LogP contribution in [0.3, 0.4) is 0 Å². The van der Waals surface area contributed by atoms with Crippen molar-refractivity contribution in [3.63, 3.8) is 0 Å². The average molecular weight is 354 g/mol. The van der Waals surface area contributed by atoms with Crippen molar-refractivity contribution in [2.24, 2.45) is 0 Å². The van der Waals surface area contributed by atoms with Gasteiger partial charge in [-0.05, 0) is 37.3 Å². The molecule has 1 aliphatic heterocycles. The molecule has 3 rings (SSSR count). The molecule has 2 aromatic rings. The van der Waals surface area contributed by atoms with E-state index in [1.807, 2.05) is 6.92 Å². The molecule has 0 spiro atoms. The summed E-state index contributed by atoms with van der Waals surface area (Å²) in [6, 6.07) is 12.8. The number of benzene rings is 2. The first kappa shape index (κ1) is 17.2. The molecule has 0 atom stereocenters. The number of hydrogen-bond acceptors (Lipinski definition) is 4. The maximum absolute atomic E-state index is 12.2. The van der Waals surface area contributed by atoms with Crippen LogP contribution in [0.15, 0.2) is 47.4 Å². The van der Waals surface area contributed by atoms with Crippen LogP contribution in [0.5, 0.6) is 0 Å². The van der Waals surface area contributed by atoms with Crippen molar-refractivity contribution >= 4 is 29.5 Å². The zero-order valence-electron chi connectivity index (χ0n) is 14.0. The minimum absolute atomic E-state index is 0.248. The second-order valence-electron chi connectivity index (χ2n) is 5.85. The van der Waals surface area contributed by atoms with E-state index in [4.69, 9.17) is 0 Å². The molecule has 3 amide bonds. The molecule has 0 radical (unpaired) electrons. The standard InChI is InChI=1S/C19H18N2O3S/c1-12-3-6-14(7-4-12)25-10-9-20-17(22)13-5-8-15-16(11-13)19(24)21(2)18(15)23/h3-8,11H,9-10H2,1-2H3,(H,20,22). The lowest BCUT2D eigenvalue weighted by Crippen LogP contribution is -2.26. The highest BCUT2D eigenvalue weighted by Gasteiger charge is 2.33. The van der Waals surface area contributed by atoms with Crippen LogP contribution in [0, 0.1) is 6.92 Å². The summed E-state index contributed by atoms with van der Waals surface area (Å²) in [4.78, 5) is 38.3. The van der Waals surface area contributed by atoms with Gasteiger partial charge in [0.2, 0.25) is 0 Å². The van der Waals surface area contributed by atoms with Gasteiger partial charge in [-0.3, -0.25) is 19.3 Å². The number of hydrogen-bond donors (Lipinski definition) is 1. The van der Waals surface area contributed by atoms with Gasteiger partial charge in [0.25, 0.3) is 17.7 Å². The molecule has 25 heavy (non-hydrogen) atoms. The predicted octanol–water partition coefficient (Wildman–Crippen LogP) is 2.74. The second-order valence-corrected chi connectivity index (χ2v) is 7.02. The van der Waals surface area contributed by atoms with Crippen molar-refractivity contribution < 1.29 is 14.4 Å². The van der Waals surface area contributed by atoms with E-state index in [1.54, 1.807) is 17.8 Å². The summed E-state index contributed by atoms with van der Waals surface area (Å²) >= 11 is 1.67. The van der Waals surface area contributed by atoms with Gasteiger partial charge in [-0.2, -0.15) is 0 Å². The first-order valence-corrected chi connectivity index (χ1v) is 8.90. The van der Waals surface area contributed by atoms with E-state index in [-0.39, 0.29) is 23.3 Å². The number of nitrogens with one attached hydrogen (secondary N) is 1. The number of imide groups is 1. The lowest BCUT2D eigenvalue weighted by molar-refractivity contribution is 0.0693. The maximum atomic E-state index is 12.2. The topological polar surface area (TPSA) is 66.5 Å². The summed E-state index contributed by atoms with van der Waals surface area (Å²) in [7, 11) is 1.44. The average Bonchev–Trinajstić information content (AvgIpc) is 2.84. The molecular weight excluding hydrogens is 336 g/mol. The number of amides is 3. The number of nitrogens with zero attached hydrogens (tertiary/aromatic N) is 1. The minimum atomic E-state index is -0.371. The van der Waals surface area contributed by atoms with Crippen molar-refractivity contribution in [3.05, 3.63) is 64.7 Å². The molecule has 1 aliphatic rings. The molecule has 1 heterocycles. The quantitative estimate of drug-likeness (QED) is 0.509. The van der Waals surface area contributed by atoms with E-state index in [9.17, 15) is 14.4 Å². The maximum Gasteiger partial charge on any atom is 0.261 e. The van der Waals surface area contributed by atoms with Crippen molar-refractivity contribution in [3.8, 4) is 0 Å². The smallest absolute Gasteiger partial charge is 0.261 e. The molecule has 128 valence electrons. The second kappa shape index (κ2) is 7.11. The Labute approximate surface area is 150 Å². The van der Waals surface area contributed by atoms with E-state index in [0.717, 1.165) is 15.5 Å². The van der Waals surface area contributed by atoms with Crippen molar-refractivity contribution in [2.45, 2.75) is 11.8 Å². The third-order valence-corrected chi connectivity index (χ3v) is 5.04. The fourth-order valence-electron chi connectivity index (χ4n) is 2.57. The Kier molecular flexibility index (Phi) is 4.90. The van der Waals surface area contributed by atoms with Crippen LogP contribution in [-0.4, -0.2) is 42.0 Å². The highest BCUT2D eigenvalue weighted by atomic mass is 32.2. The molecule has 6 heteroatoms. The van der Waals surface area contributed by atoms with E-state index in [2.05, 4.69) is 29.6 Å². The van der Waals surface area contributed by atoms with Crippen LogP contribution < -0.4 is 5.32 Å². The molecule has 1 N–H and O–H groups in total. The Morgan fingerprint density at radius 3 is 2.44 bits per heavy atom. The summed E-state index contributed by atoms with van der Waals surface area (Å²) < 4.78 is 0. The Morgan fingerprint density at radius 2 is 1.72 bits per heavy atom. The summed E-state index contributed by atoms with van der Waals surface area (Å²) in [5.41, 5.74) is 2.23. The number of carbonyl (C=O) groups excluding carboxylic acids is 3. The van der Waals surface area contributed by atoms with Gasteiger partial charge in [-0.1, -0.05) is 17.7 Å². The third-order valence-electron chi connectivity index (χ3n) is 4.03. The zero-order valence-corrected chi connectivity index (χ0v) is 14.9. The fraction of sp³-hybridized carbons (Fsp3) is 0.211. The summed E-state index contributed by atoms with van der Waals surface area (Å²) in [5, 5.41) is 2.84. The molecule has 2 aromatic carbocycles. The van der Waals surface area contributed by atoms with Crippen LogP contribution in [0.25, 0.3) is 0 Å². The molecule has 0 aromatic heterocycles. The van der Waals surface area contributed by atoms with Gasteiger partial charge in [0.05, 0.1) is 11.1 Å². The Balaban J connectivity index is 1.56. The molecular formula is C19H18N2O3S. The van der Waals surface area contributed by atoms with Gasteiger partial charge >= 0.3 is 0 Å². The van der Waals surface area contributed by atoms with E-state index >= 15 is 0 Å². The molecule has 5 nitrogen and oxygen atoms in total. The van der Waals surface area contributed by atoms with Gasteiger partial charge in [0.15, 0.2) is 0 Å². The molecule has 0 bridgehead atoms. The Hall–Kier alpha value is -2.60. The van der Waals surface area contributed by atoms with Gasteiger partial charge < -0.3 is 5.32 Å². The zero-order chi connectivity index (χ0) is 18.0. The Bertz CT molecular complexity index is 846. The van der Waals surface area contributed by atoms with Crippen molar-refractivity contribution in [1.82, 2.24) is 10.2 Å². The van der Waals surface area contributed by atoms with Crippen LogP contribution in [0.4, 0.5) is 0 Å². The fourth-order valence-corrected chi connectivity index (χ4v) is 3.34. The monoisotopic (exact) mass is 354 g/mol. The van der Waals surface area contributed by atoms with E-state index < -0.39 is 0 Å². The summed E-state index contributed by atoms with van der Waals surface area (Å²) in [6.45, 7) is 2.56.